The second kappa shape index (κ2) is 11.5. The van der Waals surface area contributed by atoms with Gasteiger partial charge in [0.1, 0.15) is 0 Å². The number of carbonyl (C=O) groups excluding carboxylic acids is 2. The lowest BCUT2D eigenvalue weighted by Crippen LogP contribution is -2.37. The Morgan fingerprint density at radius 3 is 2.38 bits per heavy atom. The number of benzene rings is 4. The van der Waals surface area contributed by atoms with Crippen molar-refractivity contribution in [1.82, 2.24) is 19.4 Å². The van der Waals surface area contributed by atoms with Gasteiger partial charge in [0.05, 0.1) is 26.9 Å². The summed E-state index contributed by atoms with van der Waals surface area (Å²) in [5.74, 6) is -2.72. The molecule has 0 aliphatic carbocycles. The molecule has 0 saturated carbocycles. The average Bonchev–Trinajstić information content (AvgIpc) is 3.33. The van der Waals surface area contributed by atoms with Crippen LogP contribution in [0.5, 0.6) is 0 Å². The maximum Gasteiger partial charge on any atom is 0.358 e. The van der Waals surface area contributed by atoms with E-state index in [9.17, 15) is 27.9 Å². The molecule has 1 aromatic heterocycles. The van der Waals surface area contributed by atoms with Crippen molar-refractivity contribution in [3.05, 3.63) is 123 Å². The SMILES string of the molecule is Cc1ccc2ccc(S(=O)(=O)NC(=O)c3ccc(-n4nc(C(=O)O)c(Cl)c4C)c(C(=O)N4CCc5ccccc5C4)c3)cc2c1. The van der Waals surface area contributed by atoms with Crippen LogP contribution in [0.2, 0.25) is 5.02 Å². The summed E-state index contributed by atoms with van der Waals surface area (Å²) in [7, 11) is -4.27. The van der Waals surface area contributed by atoms with E-state index < -0.39 is 33.5 Å². The van der Waals surface area contributed by atoms with Crippen LogP contribution in [0.1, 0.15) is 53.6 Å². The molecule has 12 heteroatoms. The monoisotopic (exact) mass is 642 g/mol. The van der Waals surface area contributed by atoms with E-state index >= 15 is 0 Å². The van der Waals surface area contributed by atoms with Crippen LogP contribution in [-0.4, -0.2) is 52.5 Å². The lowest BCUT2D eigenvalue weighted by molar-refractivity contribution is 0.0688. The summed E-state index contributed by atoms with van der Waals surface area (Å²) in [6.07, 6.45) is 0.622. The van der Waals surface area contributed by atoms with Crippen molar-refractivity contribution >= 4 is 50.2 Å². The van der Waals surface area contributed by atoms with Crippen molar-refractivity contribution in [3.63, 3.8) is 0 Å². The van der Waals surface area contributed by atoms with Crippen molar-refractivity contribution in [3.8, 4) is 5.69 Å². The number of rotatable bonds is 6. The van der Waals surface area contributed by atoms with Crippen LogP contribution in [-0.2, 0) is 23.0 Å². The molecule has 0 atom stereocenters. The number of aromatic carboxylic acids is 1. The quantitative estimate of drug-likeness (QED) is 0.256. The van der Waals surface area contributed by atoms with Crippen LogP contribution in [0.25, 0.3) is 16.5 Å². The fourth-order valence-electron chi connectivity index (χ4n) is 5.48. The number of halogens is 1. The van der Waals surface area contributed by atoms with E-state index in [0.717, 1.165) is 22.1 Å². The third-order valence-electron chi connectivity index (χ3n) is 7.89. The molecule has 2 amide bonds. The lowest BCUT2D eigenvalue weighted by Gasteiger charge is -2.29. The summed E-state index contributed by atoms with van der Waals surface area (Å²) in [5.41, 5.74) is 3.08. The molecular formula is C33H27ClN4O6S. The number of carbonyl (C=O) groups is 3. The molecule has 0 spiro atoms. The minimum Gasteiger partial charge on any atom is -0.476 e. The Balaban J connectivity index is 1.38. The van der Waals surface area contributed by atoms with Gasteiger partial charge in [-0.3, -0.25) is 9.59 Å². The molecule has 0 radical (unpaired) electrons. The molecule has 1 aliphatic rings. The molecule has 2 heterocycles. The Morgan fingerprint density at radius 1 is 0.911 bits per heavy atom. The van der Waals surface area contributed by atoms with E-state index in [1.54, 1.807) is 17.9 Å². The van der Waals surface area contributed by atoms with Gasteiger partial charge in [0.15, 0.2) is 5.69 Å². The van der Waals surface area contributed by atoms with Crippen LogP contribution in [0.15, 0.2) is 83.8 Å². The molecule has 4 aromatic carbocycles. The van der Waals surface area contributed by atoms with E-state index in [1.165, 1.54) is 35.0 Å². The van der Waals surface area contributed by atoms with Gasteiger partial charge in [-0.2, -0.15) is 5.10 Å². The Kier molecular flexibility index (Phi) is 7.67. The number of sulfonamides is 1. The number of nitrogens with zero attached hydrogens (tertiary/aromatic N) is 3. The number of hydrogen-bond acceptors (Lipinski definition) is 6. The minimum atomic E-state index is -4.27. The minimum absolute atomic E-state index is 0.0276. The number of aryl methyl sites for hydroxylation is 1. The molecule has 1 aliphatic heterocycles. The van der Waals surface area contributed by atoms with Gasteiger partial charge in [-0.25, -0.2) is 22.6 Å². The Morgan fingerprint density at radius 2 is 1.64 bits per heavy atom. The maximum atomic E-state index is 14.1. The summed E-state index contributed by atoms with van der Waals surface area (Å²) in [5, 5.41) is 15.2. The summed E-state index contributed by atoms with van der Waals surface area (Å²) >= 11 is 6.26. The summed E-state index contributed by atoms with van der Waals surface area (Å²) < 4.78 is 29.9. The molecule has 0 fully saturated rings. The zero-order valence-corrected chi connectivity index (χ0v) is 25.8. The Hall–Kier alpha value is -5.00. The largest absolute Gasteiger partial charge is 0.476 e. The van der Waals surface area contributed by atoms with Gasteiger partial charge in [-0.15, -0.1) is 0 Å². The van der Waals surface area contributed by atoms with E-state index in [-0.39, 0.29) is 32.4 Å². The molecule has 228 valence electrons. The van der Waals surface area contributed by atoms with Crippen molar-refractivity contribution in [2.24, 2.45) is 0 Å². The van der Waals surface area contributed by atoms with Crippen LogP contribution in [0.4, 0.5) is 0 Å². The van der Waals surface area contributed by atoms with Crippen molar-refractivity contribution in [2.45, 2.75) is 31.7 Å². The second-order valence-electron chi connectivity index (χ2n) is 10.9. The molecule has 45 heavy (non-hydrogen) atoms. The van der Waals surface area contributed by atoms with Crippen LogP contribution in [0.3, 0.4) is 0 Å². The Labute approximate surface area is 263 Å². The normalized spacial score (nSPS) is 13.0. The number of carboxylic acid groups (broad SMARTS) is 1. The first-order valence-corrected chi connectivity index (χ1v) is 15.9. The predicted molar refractivity (Wildman–Crippen MR) is 168 cm³/mol. The highest BCUT2D eigenvalue weighted by Gasteiger charge is 2.28. The number of fused-ring (bicyclic) bond motifs is 2. The average molecular weight is 643 g/mol. The third-order valence-corrected chi connectivity index (χ3v) is 9.67. The highest BCUT2D eigenvalue weighted by molar-refractivity contribution is 7.90. The topological polar surface area (TPSA) is 139 Å². The lowest BCUT2D eigenvalue weighted by atomic mass is 9.98. The van der Waals surface area contributed by atoms with Gasteiger partial charge in [-0.05, 0) is 72.5 Å². The standard InChI is InChI=1S/C33H27ClN4O6S/c1-19-7-8-22-9-11-26(16-25(22)15-19)45(43,44)36-31(39)23-10-12-28(38-20(2)29(34)30(35-38)33(41)42)27(17-23)32(40)37-14-13-21-5-3-4-6-24(21)18-37/h3-12,15-17H,13-14,18H2,1-2H3,(H,36,39)(H,41,42). The summed E-state index contributed by atoms with van der Waals surface area (Å²) in [6.45, 7) is 4.18. The van der Waals surface area contributed by atoms with Gasteiger partial charge in [0.2, 0.25) is 0 Å². The Bertz CT molecular complexity index is 2160. The number of carboxylic acids is 1. The molecule has 0 bridgehead atoms. The van der Waals surface area contributed by atoms with Crippen LogP contribution >= 0.6 is 11.6 Å². The maximum absolute atomic E-state index is 14.1. The summed E-state index contributed by atoms with van der Waals surface area (Å²) in [6, 6.07) is 22.1. The fourth-order valence-corrected chi connectivity index (χ4v) is 6.69. The molecule has 0 saturated heterocycles. The number of aromatic nitrogens is 2. The van der Waals surface area contributed by atoms with Gasteiger partial charge < -0.3 is 10.0 Å². The van der Waals surface area contributed by atoms with E-state index in [4.69, 9.17) is 11.6 Å². The number of amides is 2. The van der Waals surface area contributed by atoms with Gasteiger partial charge in [0, 0.05) is 18.7 Å². The van der Waals surface area contributed by atoms with E-state index in [1.807, 2.05) is 49.4 Å². The fraction of sp³-hybridized carbons (Fsp3) is 0.152. The highest BCUT2D eigenvalue weighted by atomic mass is 35.5. The molecule has 2 N–H and O–H groups in total. The number of hydrogen-bond donors (Lipinski definition) is 2. The van der Waals surface area contributed by atoms with Crippen LogP contribution < -0.4 is 4.72 Å². The smallest absolute Gasteiger partial charge is 0.358 e. The molecule has 0 unspecified atom stereocenters. The van der Waals surface area contributed by atoms with E-state index in [0.29, 0.717) is 24.9 Å². The second-order valence-corrected chi connectivity index (χ2v) is 12.9. The highest BCUT2D eigenvalue weighted by Crippen LogP contribution is 2.28. The van der Waals surface area contributed by atoms with Gasteiger partial charge in [-0.1, -0.05) is 65.7 Å². The van der Waals surface area contributed by atoms with Crippen molar-refractivity contribution in [2.75, 3.05) is 6.54 Å². The molecule has 5 aromatic rings. The van der Waals surface area contributed by atoms with Crippen molar-refractivity contribution < 1.29 is 27.9 Å². The third kappa shape index (κ3) is 5.67. The van der Waals surface area contributed by atoms with Gasteiger partial charge in [0.25, 0.3) is 21.8 Å². The molecule has 6 rings (SSSR count). The summed E-state index contributed by atoms with van der Waals surface area (Å²) in [4.78, 5) is 40.7. The van der Waals surface area contributed by atoms with E-state index in [2.05, 4.69) is 9.82 Å². The molecular weight excluding hydrogens is 616 g/mol. The first kappa shape index (κ1) is 30.0. The predicted octanol–water partition coefficient (Wildman–Crippen LogP) is 5.31. The number of nitrogens with one attached hydrogen (secondary N) is 1. The zero-order chi connectivity index (χ0) is 32.0. The first-order chi connectivity index (χ1) is 21.4. The first-order valence-electron chi connectivity index (χ1n) is 14.0. The zero-order valence-electron chi connectivity index (χ0n) is 24.2. The van der Waals surface area contributed by atoms with Crippen LogP contribution in [0, 0.1) is 13.8 Å². The van der Waals surface area contributed by atoms with Gasteiger partial charge >= 0.3 is 5.97 Å². The van der Waals surface area contributed by atoms with Crippen molar-refractivity contribution in [1.29, 1.82) is 0 Å². The molecule has 10 nitrogen and oxygen atoms in total.